The molecule has 2 N–H and O–H groups in total. The zero-order valence-corrected chi connectivity index (χ0v) is 14.4. The molecule has 6 heteroatoms. The van der Waals surface area contributed by atoms with E-state index in [1.807, 2.05) is 49.4 Å². The number of carbonyl (C=O) groups excluding carboxylic acids is 1. The molecule has 1 amide bonds. The summed E-state index contributed by atoms with van der Waals surface area (Å²) in [6, 6.07) is 13.6. The number of amides is 1. The Hall–Kier alpha value is -3.28. The lowest BCUT2D eigenvalue weighted by Gasteiger charge is -2.04. The van der Waals surface area contributed by atoms with Gasteiger partial charge in [-0.25, -0.2) is 5.43 Å². The van der Waals surface area contributed by atoms with Gasteiger partial charge in [-0.3, -0.25) is 4.79 Å². The van der Waals surface area contributed by atoms with Crippen molar-refractivity contribution in [1.29, 1.82) is 0 Å². The Labute approximate surface area is 150 Å². The van der Waals surface area contributed by atoms with Crippen molar-refractivity contribution in [3.63, 3.8) is 0 Å². The first kappa shape index (κ1) is 16.2. The SMILES string of the molecule is C/C(CCc1ccc2c(c1)OCO2)=N\NC(=O)c1c[nH]c2ccccc12. The average molecular weight is 349 g/mol. The predicted molar refractivity (Wildman–Crippen MR) is 99.8 cm³/mol. The third-order valence-corrected chi connectivity index (χ3v) is 4.39. The van der Waals surface area contributed by atoms with Crippen LogP contribution < -0.4 is 14.9 Å². The van der Waals surface area contributed by atoms with Crippen LogP contribution >= 0.6 is 0 Å². The highest BCUT2D eigenvalue weighted by Crippen LogP contribution is 2.32. The molecule has 1 aliphatic rings. The second kappa shape index (κ2) is 6.92. The number of aryl methyl sites for hydroxylation is 1. The van der Waals surface area contributed by atoms with Gasteiger partial charge in [-0.2, -0.15) is 5.10 Å². The molecule has 1 aromatic heterocycles. The number of aromatic amines is 1. The molecule has 132 valence electrons. The Morgan fingerprint density at radius 2 is 2.04 bits per heavy atom. The fourth-order valence-electron chi connectivity index (χ4n) is 2.94. The van der Waals surface area contributed by atoms with Gasteiger partial charge in [-0.1, -0.05) is 24.3 Å². The number of hydrogen-bond acceptors (Lipinski definition) is 4. The van der Waals surface area contributed by atoms with Crippen LogP contribution in [0.15, 0.2) is 53.8 Å². The number of rotatable bonds is 5. The number of carbonyl (C=O) groups is 1. The fraction of sp³-hybridized carbons (Fsp3) is 0.200. The Bertz CT molecular complexity index is 991. The summed E-state index contributed by atoms with van der Waals surface area (Å²) in [5.41, 5.74) is 6.16. The van der Waals surface area contributed by atoms with Gasteiger partial charge in [0.25, 0.3) is 5.91 Å². The van der Waals surface area contributed by atoms with E-state index >= 15 is 0 Å². The number of nitrogens with zero attached hydrogens (tertiary/aromatic N) is 1. The minimum atomic E-state index is -0.218. The molecule has 0 fully saturated rings. The van der Waals surface area contributed by atoms with Crippen molar-refractivity contribution in [3.8, 4) is 11.5 Å². The molecule has 1 aliphatic heterocycles. The summed E-state index contributed by atoms with van der Waals surface area (Å²) in [5, 5.41) is 5.11. The van der Waals surface area contributed by atoms with Crippen LogP contribution in [0.1, 0.15) is 29.3 Å². The first-order valence-corrected chi connectivity index (χ1v) is 8.49. The maximum absolute atomic E-state index is 12.4. The first-order valence-electron chi connectivity index (χ1n) is 8.49. The molecule has 0 unspecified atom stereocenters. The van der Waals surface area contributed by atoms with E-state index in [2.05, 4.69) is 15.5 Å². The smallest absolute Gasteiger partial charge is 0.273 e. The van der Waals surface area contributed by atoms with E-state index in [1.54, 1.807) is 6.20 Å². The van der Waals surface area contributed by atoms with Crippen LogP contribution in [0.3, 0.4) is 0 Å². The maximum atomic E-state index is 12.4. The number of hydrogen-bond donors (Lipinski definition) is 2. The summed E-state index contributed by atoms with van der Waals surface area (Å²) in [5.74, 6) is 1.35. The summed E-state index contributed by atoms with van der Waals surface area (Å²) in [6.07, 6.45) is 3.26. The molecule has 0 bridgehead atoms. The molecule has 0 aliphatic carbocycles. The maximum Gasteiger partial charge on any atom is 0.273 e. The summed E-state index contributed by atoms with van der Waals surface area (Å²) in [7, 11) is 0. The molecule has 4 rings (SSSR count). The normalized spacial score (nSPS) is 13.2. The number of aromatic nitrogens is 1. The van der Waals surface area contributed by atoms with Gasteiger partial charge in [0.05, 0.1) is 5.56 Å². The molecule has 0 radical (unpaired) electrons. The van der Waals surface area contributed by atoms with Gasteiger partial charge in [0, 0.05) is 22.8 Å². The quantitative estimate of drug-likeness (QED) is 0.545. The summed E-state index contributed by atoms with van der Waals surface area (Å²) >= 11 is 0. The highest BCUT2D eigenvalue weighted by atomic mass is 16.7. The number of para-hydroxylation sites is 1. The van der Waals surface area contributed by atoms with Crippen molar-refractivity contribution in [2.75, 3.05) is 6.79 Å². The van der Waals surface area contributed by atoms with Crippen molar-refractivity contribution in [1.82, 2.24) is 10.4 Å². The standard InChI is InChI=1S/C20H19N3O3/c1-13(6-7-14-8-9-18-19(10-14)26-12-25-18)22-23-20(24)16-11-21-17-5-3-2-4-15(16)17/h2-5,8-11,21H,6-7,12H2,1H3,(H,23,24)/b22-13+. The van der Waals surface area contributed by atoms with E-state index < -0.39 is 0 Å². The van der Waals surface area contributed by atoms with Gasteiger partial charge in [-0.15, -0.1) is 0 Å². The molecule has 0 atom stereocenters. The van der Waals surface area contributed by atoms with Crippen LogP contribution in [0.25, 0.3) is 10.9 Å². The predicted octanol–water partition coefficient (Wildman–Crippen LogP) is 3.64. The van der Waals surface area contributed by atoms with E-state index in [-0.39, 0.29) is 12.7 Å². The van der Waals surface area contributed by atoms with Crippen LogP contribution in [0.5, 0.6) is 11.5 Å². The van der Waals surface area contributed by atoms with Gasteiger partial charge in [-0.05, 0) is 43.5 Å². The Balaban J connectivity index is 1.37. The molecular formula is C20H19N3O3. The van der Waals surface area contributed by atoms with E-state index in [1.165, 1.54) is 0 Å². The monoisotopic (exact) mass is 349 g/mol. The molecule has 6 nitrogen and oxygen atoms in total. The van der Waals surface area contributed by atoms with Crippen LogP contribution in [0, 0.1) is 0 Å². The van der Waals surface area contributed by atoms with E-state index in [4.69, 9.17) is 9.47 Å². The Morgan fingerprint density at radius 1 is 1.19 bits per heavy atom. The summed E-state index contributed by atoms with van der Waals surface area (Å²) in [6.45, 7) is 2.18. The summed E-state index contributed by atoms with van der Waals surface area (Å²) < 4.78 is 10.7. The van der Waals surface area contributed by atoms with E-state index in [0.29, 0.717) is 5.56 Å². The van der Waals surface area contributed by atoms with Gasteiger partial charge in [0.2, 0.25) is 6.79 Å². The van der Waals surface area contributed by atoms with Crippen molar-refractivity contribution in [2.24, 2.45) is 5.10 Å². The number of ether oxygens (including phenoxy) is 2. The average Bonchev–Trinajstić information content (AvgIpc) is 3.30. The van der Waals surface area contributed by atoms with Crippen molar-refractivity contribution in [3.05, 3.63) is 59.8 Å². The Morgan fingerprint density at radius 3 is 2.96 bits per heavy atom. The lowest BCUT2D eigenvalue weighted by atomic mass is 10.1. The number of benzene rings is 2. The minimum absolute atomic E-state index is 0.218. The lowest BCUT2D eigenvalue weighted by molar-refractivity contribution is 0.0956. The highest BCUT2D eigenvalue weighted by molar-refractivity contribution is 6.06. The van der Waals surface area contributed by atoms with Crippen LogP contribution in [0.2, 0.25) is 0 Å². The van der Waals surface area contributed by atoms with Gasteiger partial charge < -0.3 is 14.5 Å². The lowest BCUT2D eigenvalue weighted by Crippen LogP contribution is -2.18. The van der Waals surface area contributed by atoms with Gasteiger partial charge in [0.1, 0.15) is 0 Å². The second-order valence-electron chi connectivity index (χ2n) is 6.22. The van der Waals surface area contributed by atoms with Gasteiger partial charge in [0.15, 0.2) is 11.5 Å². The number of fused-ring (bicyclic) bond motifs is 2. The van der Waals surface area contributed by atoms with Gasteiger partial charge >= 0.3 is 0 Å². The highest BCUT2D eigenvalue weighted by Gasteiger charge is 2.13. The molecule has 0 spiro atoms. The molecule has 26 heavy (non-hydrogen) atoms. The minimum Gasteiger partial charge on any atom is -0.454 e. The topological polar surface area (TPSA) is 75.7 Å². The molecule has 3 aromatic rings. The van der Waals surface area contributed by atoms with Crippen LogP contribution in [-0.2, 0) is 6.42 Å². The van der Waals surface area contributed by atoms with Crippen LogP contribution in [0.4, 0.5) is 0 Å². The number of H-pyrrole nitrogens is 1. The largest absolute Gasteiger partial charge is 0.454 e. The molecule has 2 aromatic carbocycles. The Kier molecular flexibility index (Phi) is 4.31. The zero-order valence-electron chi connectivity index (χ0n) is 14.4. The van der Waals surface area contributed by atoms with E-state index in [9.17, 15) is 4.79 Å². The molecule has 0 saturated heterocycles. The molecule has 0 saturated carbocycles. The summed E-state index contributed by atoms with van der Waals surface area (Å²) in [4.78, 5) is 15.5. The fourth-order valence-corrected chi connectivity index (χ4v) is 2.94. The van der Waals surface area contributed by atoms with E-state index in [0.717, 1.165) is 46.5 Å². The molecule has 2 heterocycles. The third kappa shape index (κ3) is 3.26. The first-order chi connectivity index (χ1) is 12.7. The number of nitrogens with one attached hydrogen (secondary N) is 2. The zero-order chi connectivity index (χ0) is 17.9. The van der Waals surface area contributed by atoms with Crippen LogP contribution in [-0.4, -0.2) is 23.4 Å². The van der Waals surface area contributed by atoms with Crippen molar-refractivity contribution in [2.45, 2.75) is 19.8 Å². The van der Waals surface area contributed by atoms with Crippen molar-refractivity contribution >= 4 is 22.5 Å². The molecular weight excluding hydrogens is 330 g/mol. The van der Waals surface area contributed by atoms with Crippen molar-refractivity contribution < 1.29 is 14.3 Å². The third-order valence-electron chi connectivity index (χ3n) is 4.39. The number of hydrazone groups is 1. The second-order valence-corrected chi connectivity index (χ2v) is 6.22.